The minimum Gasteiger partial charge on any atom is -0.372 e. The lowest BCUT2D eigenvalue weighted by molar-refractivity contribution is -0.137. The summed E-state index contributed by atoms with van der Waals surface area (Å²) in [5.41, 5.74) is 5.13. The summed E-state index contributed by atoms with van der Waals surface area (Å²) in [6.07, 6.45) is 6.61. The molecule has 8 rings (SSSR count). The lowest BCUT2D eigenvalue weighted by atomic mass is 9.90. The second kappa shape index (κ2) is 18.7. The van der Waals surface area contributed by atoms with Crippen LogP contribution < -0.4 is 31.1 Å². The standard InChI is InChI=1S/C45H53ClN10O4/c1-47-42(58)37-4-2-3-5-39(37)50-41-38(46)28-48-45(52-41)49-33-8-12-35(13-9-33)55-24-26-56(27-25-55)44(60)32-18-20-53(21-19-32)29-30-16-22-54(23-17-30)34-10-6-31(7-11-34)36-14-15-40(57)51-43(36)59/h2-13,28,30,32,36H,14-27,29H2,1H3,(H,47,58)(H,51,57,59)(H2,48,49,50,52)/t36-/m0/s1. The predicted molar refractivity (Wildman–Crippen MR) is 234 cm³/mol. The number of amides is 4. The van der Waals surface area contributed by atoms with Crippen molar-refractivity contribution in [2.24, 2.45) is 11.8 Å². The summed E-state index contributed by atoms with van der Waals surface area (Å²) in [4.78, 5) is 68.1. The van der Waals surface area contributed by atoms with Gasteiger partial charge in [0.05, 0.1) is 23.4 Å². The molecule has 0 saturated carbocycles. The maximum Gasteiger partial charge on any atom is 0.253 e. The summed E-state index contributed by atoms with van der Waals surface area (Å²) in [7, 11) is 1.58. The van der Waals surface area contributed by atoms with Gasteiger partial charge in [0.25, 0.3) is 5.91 Å². The first-order valence-corrected chi connectivity index (χ1v) is 21.5. The van der Waals surface area contributed by atoms with Crippen LogP contribution in [0.2, 0.25) is 5.02 Å². The molecule has 4 N–H and O–H groups in total. The average molecular weight is 833 g/mol. The van der Waals surface area contributed by atoms with Gasteiger partial charge in [-0.25, -0.2) is 4.98 Å². The monoisotopic (exact) mass is 832 g/mol. The number of nitrogens with zero attached hydrogens (tertiary/aromatic N) is 6. The third-order valence-corrected chi connectivity index (χ3v) is 12.7. The van der Waals surface area contributed by atoms with Gasteiger partial charge in [0.15, 0.2) is 5.82 Å². The molecule has 4 amide bonds. The number of para-hydroxylation sites is 1. The van der Waals surface area contributed by atoms with Crippen molar-refractivity contribution in [2.75, 3.05) is 86.4 Å². The number of nitrogens with one attached hydrogen (secondary N) is 4. The first-order valence-electron chi connectivity index (χ1n) is 21.1. The Hall–Kier alpha value is -5.73. The summed E-state index contributed by atoms with van der Waals surface area (Å²) in [6.45, 7) is 8.08. The predicted octanol–water partition coefficient (Wildman–Crippen LogP) is 5.77. The Labute approximate surface area is 356 Å². The molecule has 0 radical (unpaired) electrons. The van der Waals surface area contributed by atoms with E-state index in [4.69, 9.17) is 11.6 Å². The SMILES string of the molecule is CNC(=O)c1ccccc1Nc1nc(Nc2ccc(N3CCN(C(=O)C4CCN(CC5CCN(c6ccc([C@@H]7CCC(=O)NC7=O)cc6)CC5)CC4)CC3)cc2)ncc1Cl. The molecule has 0 unspecified atom stereocenters. The van der Waals surface area contributed by atoms with Gasteiger partial charge in [-0.1, -0.05) is 35.9 Å². The zero-order valence-corrected chi connectivity index (χ0v) is 34.8. The van der Waals surface area contributed by atoms with E-state index in [9.17, 15) is 19.2 Å². The van der Waals surface area contributed by atoms with E-state index in [-0.39, 0.29) is 29.6 Å². The molecule has 4 aromatic rings. The fourth-order valence-corrected chi connectivity index (χ4v) is 9.06. The third-order valence-electron chi connectivity index (χ3n) is 12.4. The maximum absolute atomic E-state index is 13.6. The molecule has 0 spiro atoms. The van der Waals surface area contributed by atoms with Crippen LogP contribution in [0.4, 0.5) is 34.5 Å². The quantitative estimate of drug-likeness (QED) is 0.136. The van der Waals surface area contributed by atoms with Crippen LogP contribution >= 0.6 is 11.6 Å². The number of rotatable bonds is 11. The van der Waals surface area contributed by atoms with Crippen LogP contribution in [0.5, 0.6) is 0 Å². The molecular weight excluding hydrogens is 780 g/mol. The molecule has 15 heteroatoms. The number of aromatic nitrogens is 2. The molecule has 314 valence electrons. The number of carbonyl (C=O) groups excluding carboxylic acids is 4. The minimum absolute atomic E-state index is 0.0968. The maximum atomic E-state index is 13.6. The summed E-state index contributed by atoms with van der Waals surface area (Å²) in [6, 6.07) is 23.6. The Bertz CT molecular complexity index is 2160. The van der Waals surface area contributed by atoms with E-state index < -0.39 is 0 Å². The Morgan fingerprint density at radius 2 is 1.45 bits per heavy atom. The van der Waals surface area contributed by atoms with Gasteiger partial charge in [0.1, 0.15) is 5.02 Å². The molecule has 5 heterocycles. The molecular formula is C45H53ClN10O4. The van der Waals surface area contributed by atoms with E-state index in [0.29, 0.717) is 65.8 Å². The highest BCUT2D eigenvalue weighted by molar-refractivity contribution is 6.33. The van der Waals surface area contributed by atoms with Crippen molar-refractivity contribution in [3.63, 3.8) is 0 Å². The van der Waals surface area contributed by atoms with E-state index in [1.807, 2.05) is 30.3 Å². The van der Waals surface area contributed by atoms with E-state index in [1.54, 1.807) is 25.2 Å². The second-order valence-corrected chi connectivity index (χ2v) is 16.6. The van der Waals surface area contributed by atoms with Gasteiger partial charge in [-0.05, 0) is 105 Å². The molecule has 14 nitrogen and oxygen atoms in total. The number of benzene rings is 3. The topological polar surface area (TPSA) is 155 Å². The Kier molecular flexibility index (Phi) is 12.8. The van der Waals surface area contributed by atoms with Crippen LogP contribution in [0, 0.1) is 11.8 Å². The van der Waals surface area contributed by atoms with Crippen molar-refractivity contribution >= 4 is 69.7 Å². The number of piperazine rings is 1. The zero-order valence-electron chi connectivity index (χ0n) is 34.0. The fraction of sp³-hybridized carbons (Fsp3) is 0.422. The first kappa shape index (κ1) is 41.0. The molecule has 4 aliphatic rings. The lowest BCUT2D eigenvalue weighted by Gasteiger charge is -2.40. The number of imide groups is 1. The Balaban J connectivity index is 0.749. The number of hydrogen-bond donors (Lipinski definition) is 4. The molecule has 3 aromatic carbocycles. The molecule has 4 saturated heterocycles. The molecule has 4 aliphatic heterocycles. The first-order chi connectivity index (χ1) is 29.2. The van der Waals surface area contributed by atoms with Crippen LogP contribution in [0.25, 0.3) is 0 Å². The zero-order chi connectivity index (χ0) is 41.6. The largest absolute Gasteiger partial charge is 0.372 e. The van der Waals surface area contributed by atoms with E-state index >= 15 is 0 Å². The highest BCUT2D eigenvalue weighted by Crippen LogP contribution is 2.31. The summed E-state index contributed by atoms with van der Waals surface area (Å²) >= 11 is 6.41. The lowest BCUT2D eigenvalue weighted by Crippen LogP contribution is -2.52. The van der Waals surface area contributed by atoms with Gasteiger partial charge in [-0.15, -0.1) is 0 Å². The smallest absolute Gasteiger partial charge is 0.253 e. The number of anilines is 6. The van der Waals surface area contributed by atoms with Crippen LogP contribution in [-0.2, 0) is 14.4 Å². The van der Waals surface area contributed by atoms with Gasteiger partial charge in [0, 0.05) is 82.3 Å². The van der Waals surface area contributed by atoms with Crippen molar-refractivity contribution in [3.05, 3.63) is 95.1 Å². The number of carbonyl (C=O) groups is 4. The average Bonchev–Trinajstić information content (AvgIpc) is 3.28. The fourth-order valence-electron chi connectivity index (χ4n) is 8.93. The van der Waals surface area contributed by atoms with Gasteiger partial charge >= 0.3 is 0 Å². The highest BCUT2D eigenvalue weighted by Gasteiger charge is 2.32. The molecule has 0 bridgehead atoms. The van der Waals surface area contributed by atoms with Gasteiger partial charge in [-0.2, -0.15) is 4.98 Å². The van der Waals surface area contributed by atoms with Crippen LogP contribution in [0.3, 0.4) is 0 Å². The number of likely N-dealkylation sites (tertiary alicyclic amines) is 1. The van der Waals surface area contributed by atoms with E-state index in [2.05, 4.69) is 75.1 Å². The molecule has 1 atom stereocenters. The highest BCUT2D eigenvalue weighted by atomic mass is 35.5. The van der Waals surface area contributed by atoms with Crippen molar-refractivity contribution in [1.29, 1.82) is 0 Å². The van der Waals surface area contributed by atoms with Crippen molar-refractivity contribution in [2.45, 2.75) is 44.4 Å². The second-order valence-electron chi connectivity index (χ2n) is 16.2. The third kappa shape index (κ3) is 9.66. The summed E-state index contributed by atoms with van der Waals surface area (Å²) in [5, 5.41) is 11.8. The molecule has 60 heavy (non-hydrogen) atoms. The molecule has 0 aliphatic carbocycles. The Morgan fingerprint density at radius 1 is 0.783 bits per heavy atom. The van der Waals surface area contributed by atoms with Crippen LogP contribution in [0.1, 0.15) is 60.4 Å². The summed E-state index contributed by atoms with van der Waals surface area (Å²) < 4.78 is 0. The van der Waals surface area contributed by atoms with Crippen molar-refractivity contribution in [3.8, 4) is 0 Å². The van der Waals surface area contributed by atoms with Gasteiger partial charge < -0.3 is 35.6 Å². The van der Waals surface area contributed by atoms with Gasteiger partial charge in [-0.3, -0.25) is 24.5 Å². The van der Waals surface area contributed by atoms with Gasteiger partial charge in [0.2, 0.25) is 23.7 Å². The molecule has 1 aromatic heterocycles. The molecule has 4 fully saturated rings. The number of halogens is 1. The minimum atomic E-state index is -0.250. The number of hydrogen-bond acceptors (Lipinski definition) is 11. The van der Waals surface area contributed by atoms with Crippen molar-refractivity contribution in [1.82, 2.24) is 30.4 Å². The normalized spacial score (nSPS) is 19.5. The van der Waals surface area contributed by atoms with Crippen molar-refractivity contribution < 1.29 is 19.2 Å². The van der Waals surface area contributed by atoms with Crippen LogP contribution in [-0.4, -0.2) is 109 Å². The Morgan fingerprint density at radius 3 is 2.13 bits per heavy atom. The number of piperidine rings is 3. The van der Waals surface area contributed by atoms with Crippen LogP contribution in [0.15, 0.2) is 79.0 Å². The summed E-state index contributed by atoms with van der Waals surface area (Å²) in [5.74, 6) is 0.950. The van der Waals surface area contributed by atoms with E-state index in [1.165, 1.54) is 11.9 Å². The van der Waals surface area contributed by atoms with E-state index in [0.717, 1.165) is 88.4 Å².